The first kappa shape index (κ1) is 10.3. The predicted octanol–water partition coefficient (Wildman–Crippen LogP) is 2.80. The molecule has 1 aliphatic rings. The molecule has 0 spiro atoms. The van der Waals surface area contributed by atoms with Gasteiger partial charge in [-0.1, -0.05) is 38.0 Å². The summed E-state index contributed by atoms with van der Waals surface area (Å²) in [6.45, 7) is 2.02. The normalized spacial score (nSPS) is 20.1. The quantitative estimate of drug-likeness (QED) is 0.469. The van der Waals surface area contributed by atoms with Gasteiger partial charge in [-0.15, -0.1) is 0 Å². The van der Waals surface area contributed by atoms with E-state index >= 15 is 0 Å². The van der Waals surface area contributed by atoms with Crippen molar-refractivity contribution in [2.45, 2.75) is 45.4 Å². The third-order valence-corrected chi connectivity index (χ3v) is 2.59. The van der Waals surface area contributed by atoms with E-state index in [1.165, 1.54) is 32.1 Å². The van der Waals surface area contributed by atoms with E-state index in [0.717, 1.165) is 6.29 Å². The molecule has 0 heterocycles. The van der Waals surface area contributed by atoms with Gasteiger partial charge in [0.2, 0.25) is 0 Å². The third-order valence-electron chi connectivity index (χ3n) is 2.59. The van der Waals surface area contributed by atoms with E-state index in [-0.39, 0.29) is 5.92 Å². The van der Waals surface area contributed by atoms with Gasteiger partial charge in [-0.25, -0.2) is 0 Å². The largest absolute Gasteiger partial charge is 0.303 e. The lowest BCUT2D eigenvalue weighted by Crippen LogP contribution is -2.03. The average Bonchev–Trinajstić information content (AvgIpc) is 2.17. The molecular formula is C12H18O. The molecule has 1 unspecified atom stereocenters. The molecule has 1 aliphatic carbocycles. The Morgan fingerprint density at radius 2 is 2.08 bits per heavy atom. The van der Waals surface area contributed by atoms with Crippen LogP contribution in [0.25, 0.3) is 0 Å². The lowest BCUT2D eigenvalue weighted by molar-refractivity contribution is -0.108. The highest BCUT2D eigenvalue weighted by Gasteiger charge is 2.09. The van der Waals surface area contributed by atoms with Crippen molar-refractivity contribution in [2.75, 3.05) is 0 Å². The Kier molecular flexibility index (Phi) is 4.60. The Labute approximate surface area is 80.9 Å². The van der Waals surface area contributed by atoms with Crippen molar-refractivity contribution in [3.05, 3.63) is 0 Å². The highest BCUT2D eigenvalue weighted by atomic mass is 16.1. The molecule has 0 aromatic rings. The summed E-state index contributed by atoms with van der Waals surface area (Å²) in [4.78, 5) is 10.2. The first-order valence-corrected chi connectivity index (χ1v) is 5.27. The zero-order chi connectivity index (χ0) is 9.52. The zero-order valence-electron chi connectivity index (χ0n) is 8.38. The van der Waals surface area contributed by atoms with E-state index in [0.29, 0.717) is 12.3 Å². The fourth-order valence-electron chi connectivity index (χ4n) is 1.71. The van der Waals surface area contributed by atoms with Crippen LogP contribution in [0.3, 0.4) is 0 Å². The Hall–Kier alpha value is -0.770. The SMILES string of the molecule is CC(C#CC1CCCCC1)CC=O. The number of hydrogen-bond acceptors (Lipinski definition) is 1. The Morgan fingerprint density at radius 3 is 2.69 bits per heavy atom. The molecule has 0 N–H and O–H groups in total. The molecule has 0 aliphatic heterocycles. The molecule has 0 aromatic carbocycles. The van der Waals surface area contributed by atoms with Gasteiger partial charge in [0, 0.05) is 18.3 Å². The van der Waals surface area contributed by atoms with Crippen molar-refractivity contribution < 1.29 is 4.79 Å². The molecule has 1 rings (SSSR count). The van der Waals surface area contributed by atoms with E-state index in [1.54, 1.807) is 0 Å². The maximum Gasteiger partial charge on any atom is 0.121 e. The number of carbonyl (C=O) groups is 1. The number of rotatable bonds is 2. The van der Waals surface area contributed by atoms with Gasteiger partial charge in [0.15, 0.2) is 0 Å². The van der Waals surface area contributed by atoms with Crippen LogP contribution in [0.4, 0.5) is 0 Å². The molecule has 13 heavy (non-hydrogen) atoms. The first-order valence-electron chi connectivity index (χ1n) is 5.27. The van der Waals surface area contributed by atoms with Crippen molar-refractivity contribution in [1.29, 1.82) is 0 Å². The summed E-state index contributed by atoms with van der Waals surface area (Å²) in [5, 5.41) is 0. The number of carbonyl (C=O) groups excluding carboxylic acids is 1. The smallest absolute Gasteiger partial charge is 0.121 e. The predicted molar refractivity (Wildman–Crippen MR) is 54.2 cm³/mol. The Balaban J connectivity index is 2.31. The molecular weight excluding hydrogens is 160 g/mol. The van der Waals surface area contributed by atoms with Crippen LogP contribution in [-0.2, 0) is 4.79 Å². The number of aldehydes is 1. The summed E-state index contributed by atoms with van der Waals surface area (Å²) in [5.41, 5.74) is 0. The van der Waals surface area contributed by atoms with Gasteiger partial charge in [-0.2, -0.15) is 0 Å². The molecule has 0 amide bonds. The van der Waals surface area contributed by atoms with Gasteiger partial charge in [0.25, 0.3) is 0 Å². The minimum absolute atomic E-state index is 0.249. The van der Waals surface area contributed by atoms with E-state index in [9.17, 15) is 4.79 Å². The van der Waals surface area contributed by atoms with E-state index in [2.05, 4.69) is 11.8 Å². The van der Waals surface area contributed by atoms with Gasteiger partial charge in [-0.3, -0.25) is 0 Å². The van der Waals surface area contributed by atoms with E-state index in [4.69, 9.17) is 0 Å². The van der Waals surface area contributed by atoms with Gasteiger partial charge in [-0.05, 0) is 12.8 Å². The van der Waals surface area contributed by atoms with Crippen LogP contribution in [0.2, 0.25) is 0 Å². The third kappa shape index (κ3) is 4.12. The Bertz CT molecular complexity index is 203. The fourth-order valence-corrected chi connectivity index (χ4v) is 1.71. The van der Waals surface area contributed by atoms with Crippen LogP contribution in [0.1, 0.15) is 45.4 Å². The molecule has 0 bridgehead atoms. The minimum Gasteiger partial charge on any atom is -0.303 e. The van der Waals surface area contributed by atoms with Crippen LogP contribution < -0.4 is 0 Å². The van der Waals surface area contributed by atoms with Gasteiger partial charge in [0.05, 0.1) is 0 Å². The van der Waals surface area contributed by atoms with Crippen LogP contribution >= 0.6 is 0 Å². The molecule has 1 heteroatoms. The van der Waals surface area contributed by atoms with E-state index in [1.807, 2.05) is 6.92 Å². The molecule has 1 nitrogen and oxygen atoms in total. The van der Waals surface area contributed by atoms with Crippen molar-refractivity contribution in [1.82, 2.24) is 0 Å². The summed E-state index contributed by atoms with van der Waals surface area (Å²) < 4.78 is 0. The summed E-state index contributed by atoms with van der Waals surface area (Å²) in [6.07, 6.45) is 8.12. The van der Waals surface area contributed by atoms with Crippen LogP contribution in [0.5, 0.6) is 0 Å². The summed E-state index contributed by atoms with van der Waals surface area (Å²) in [6, 6.07) is 0. The van der Waals surface area contributed by atoms with Crippen LogP contribution in [0, 0.1) is 23.7 Å². The zero-order valence-corrected chi connectivity index (χ0v) is 8.38. The van der Waals surface area contributed by atoms with Gasteiger partial charge < -0.3 is 4.79 Å². The average molecular weight is 178 g/mol. The Morgan fingerprint density at radius 1 is 1.38 bits per heavy atom. The molecule has 0 radical (unpaired) electrons. The van der Waals surface area contributed by atoms with Gasteiger partial charge >= 0.3 is 0 Å². The van der Waals surface area contributed by atoms with Crippen molar-refractivity contribution in [3.63, 3.8) is 0 Å². The second kappa shape index (κ2) is 5.80. The summed E-state index contributed by atoms with van der Waals surface area (Å²) >= 11 is 0. The van der Waals surface area contributed by atoms with Crippen LogP contribution in [0.15, 0.2) is 0 Å². The molecule has 0 aromatic heterocycles. The summed E-state index contributed by atoms with van der Waals surface area (Å²) in [5.74, 6) is 7.33. The van der Waals surface area contributed by atoms with Gasteiger partial charge in [0.1, 0.15) is 6.29 Å². The maximum absolute atomic E-state index is 10.2. The maximum atomic E-state index is 10.2. The van der Waals surface area contributed by atoms with Crippen LogP contribution in [-0.4, -0.2) is 6.29 Å². The van der Waals surface area contributed by atoms with Crippen molar-refractivity contribution >= 4 is 6.29 Å². The first-order chi connectivity index (χ1) is 6.33. The minimum atomic E-state index is 0.249. The second-order valence-corrected chi connectivity index (χ2v) is 3.93. The fraction of sp³-hybridized carbons (Fsp3) is 0.750. The lowest BCUT2D eigenvalue weighted by atomic mass is 9.89. The molecule has 1 atom stereocenters. The monoisotopic (exact) mass is 178 g/mol. The molecule has 1 saturated carbocycles. The second-order valence-electron chi connectivity index (χ2n) is 3.93. The van der Waals surface area contributed by atoms with E-state index < -0.39 is 0 Å². The van der Waals surface area contributed by atoms with Crippen molar-refractivity contribution in [3.8, 4) is 11.8 Å². The molecule has 1 fully saturated rings. The lowest BCUT2D eigenvalue weighted by Gasteiger charge is -2.15. The summed E-state index contributed by atoms with van der Waals surface area (Å²) in [7, 11) is 0. The molecule has 0 saturated heterocycles. The topological polar surface area (TPSA) is 17.1 Å². The van der Waals surface area contributed by atoms with Crippen molar-refractivity contribution in [2.24, 2.45) is 11.8 Å². The highest BCUT2D eigenvalue weighted by Crippen LogP contribution is 2.22. The molecule has 72 valence electrons. The standard InChI is InChI=1S/C12H18O/c1-11(9-10-13)7-8-12-5-3-2-4-6-12/h10-12H,2-6,9H2,1H3. The number of hydrogen-bond donors (Lipinski definition) is 0. The highest BCUT2D eigenvalue weighted by molar-refractivity contribution is 5.50.